The van der Waals surface area contributed by atoms with Crippen LogP contribution in [0, 0.1) is 11.3 Å². The van der Waals surface area contributed by atoms with Crippen molar-refractivity contribution in [2.24, 2.45) is 0 Å². The third-order valence-electron chi connectivity index (χ3n) is 4.08. The van der Waals surface area contributed by atoms with Crippen molar-refractivity contribution in [2.75, 3.05) is 5.32 Å². The van der Waals surface area contributed by atoms with E-state index in [9.17, 15) is 18.5 Å². The Morgan fingerprint density at radius 2 is 1.73 bits per heavy atom. The molecule has 0 saturated heterocycles. The number of rotatable bonds is 6. The van der Waals surface area contributed by atoms with Crippen LogP contribution in [0.5, 0.6) is 5.75 Å². The van der Waals surface area contributed by atoms with Crippen LogP contribution in [0.25, 0.3) is 6.08 Å². The molecule has 0 atom stereocenters. The molecule has 0 saturated carbocycles. The Hall–Kier alpha value is -2.35. The molecule has 3 aromatic carbocycles. The lowest BCUT2D eigenvalue weighted by atomic mass is 10.1. The summed E-state index contributed by atoms with van der Waals surface area (Å²) in [6.07, 6.45) is 1.22. The molecule has 3 aromatic rings. The lowest BCUT2D eigenvalue weighted by molar-refractivity contribution is -0.112. The van der Waals surface area contributed by atoms with Crippen LogP contribution in [0.4, 0.5) is 5.69 Å². The first-order valence-electron chi connectivity index (χ1n) is 8.97. The number of benzene rings is 3. The van der Waals surface area contributed by atoms with Crippen molar-refractivity contribution in [3.63, 3.8) is 0 Å². The van der Waals surface area contributed by atoms with Crippen molar-refractivity contribution in [3.8, 4) is 11.8 Å². The molecule has 0 radical (unpaired) electrons. The van der Waals surface area contributed by atoms with Gasteiger partial charge in [0.15, 0.2) is 5.75 Å². The van der Waals surface area contributed by atoms with Crippen LogP contribution < -0.4 is 9.50 Å². The second-order valence-corrected chi connectivity index (χ2v) is 10.6. The van der Waals surface area contributed by atoms with Crippen molar-refractivity contribution >= 4 is 82.9 Å². The van der Waals surface area contributed by atoms with E-state index in [4.69, 9.17) is 27.4 Å². The van der Waals surface area contributed by atoms with E-state index < -0.39 is 16.0 Å². The maximum atomic E-state index is 12.8. The zero-order valence-electron chi connectivity index (χ0n) is 16.4. The molecule has 11 heteroatoms. The van der Waals surface area contributed by atoms with Crippen molar-refractivity contribution in [1.29, 1.82) is 5.26 Å². The van der Waals surface area contributed by atoms with E-state index in [0.717, 1.165) is 0 Å². The van der Waals surface area contributed by atoms with E-state index in [-0.39, 0.29) is 26.3 Å². The molecule has 33 heavy (non-hydrogen) atoms. The van der Waals surface area contributed by atoms with Crippen LogP contribution in [-0.4, -0.2) is 14.3 Å². The van der Waals surface area contributed by atoms with Gasteiger partial charge in [0.1, 0.15) is 16.5 Å². The van der Waals surface area contributed by atoms with E-state index in [0.29, 0.717) is 20.2 Å². The van der Waals surface area contributed by atoms with Gasteiger partial charge in [-0.15, -0.1) is 0 Å². The molecule has 1 amide bonds. The number of carbonyl (C=O) groups is 1. The summed E-state index contributed by atoms with van der Waals surface area (Å²) in [5.74, 6) is -0.807. The highest BCUT2D eigenvalue weighted by Crippen LogP contribution is 2.36. The van der Waals surface area contributed by atoms with Crippen LogP contribution in [0.15, 0.2) is 80.1 Å². The number of nitrogens with one attached hydrogen (secondary N) is 1. The summed E-state index contributed by atoms with van der Waals surface area (Å²) in [7, 11) is -4.24. The second-order valence-electron chi connectivity index (χ2n) is 6.43. The smallest absolute Gasteiger partial charge is 0.339 e. The minimum Gasteiger partial charge on any atom is -0.377 e. The van der Waals surface area contributed by atoms with Gasteiger partial charge in [0.25, 0.3) is 5.91 Å². The monoisotopic (exact) mass is 628 g/mol. The average molecular weight is 631 g/mol. The van der Waals surface area contributed by atoms with E-state index in [1.54, 1.807) is 24.3 Å². The highest BCUT2D eigenvalue weighted by atomic mass is 79.9. The normalized spacial score (nSPS) is 11.5. The van der Waals surface area contributed by atoms with Crippen LogP contribution in [0.2, 0.25) is 10.0 Å². The lowest BCUT2D eigenvalue weighted by Crippen LogP contribution is -2.14. The predicted octanol–water partition coefficient (Wildman–Crippen LogP) is 6.83. The van der Waals surface area contributed by atoms with Crippen LogP contribution in [0.3, 0.4) is 0 Å². The van der Waals surface area contributed by atoms with Gasteiger partial charge in [-0.1, -0.05) is 45.2 Å². The third-order valence-corrected chi connectivity index (χ3v) is 6.85. The zero-order chi connectivity index (χ0) is 24.2. The van der Waals surface area contributed by atoms with Crippen molar-refractivity contribution in [1.82, 2.24) is 0 Å². The molecule has 0 heterocycles. The Morgan fingerprint density at radius 3 is 2.36 bits per heavy atom. The Bertz CT molecular complexity index is 1400. The first-order chi connectivity index (χ1) is 15.6. The minimum absolute atomic E-state index is 0.101. The summed E-state index contributed by atoms with van der Waals surface area (Å²) in [4.78, 5) is 12.5. The van der Waals surface area contributed by atoms with Gasteiger partial charge >= 0.3 is 10.1 Å². The summed E-state index contributed by atoms with van der Waals surface area (Å²) in [6, 6.07) is 16.8. The Kier molecular flexibility index (Phi) is 8.21. The topological polar surface area (TPSA) is 96.3 Å². The zero-order valence-corrected chi connectivity index (χ0v) is 21.9. The molecule has 0 aliphatic heterocycles. The molecular formula is C22H12Br2Cl2N2O4S. The van der Waals surface area contributed by atoms with Crippen molar-refractivity contribution in [3.05, 3.63) is 90.8 Å². The van der Waals surface area contributed by atoms with E-state index >= 15 is 0 Å². The van der Waals surface area contributed by atoms with E-state index in [1.165, 1.54) is 42.5 Å². The first kappa shape index (κ1) is 25.3. The largest absolute Gasteiger partial charge is 0.377 e. The summed E-state index contributed by atoms with van der Waals surface area (Å²) >= 11 is 18.3. The number of hydrogen-bond acceptors (Lipinski definition) is 5. The van der Waals surface area contributed by atoms with Crippen molar-refractivity contribution in [2.45, 2.75) is 4.90 Å². The highest BCUT2D eigenvalue weighted by molar-refractivity contribution is 9.11. The van der Waals surface area contributed by atoms with Crippen LogP contribution in [-0.2, 0) is 14.9 Å². The number of hydrogen-bond donors (Lipinski definition) is 1. The average Bonchev–Trinajstić information content (AvgIpc) is 2.74. The van der Waals surface area contributed by atoms with Gasteiger partial charge < -0.3 is 9.50 Å². The third kappa shape index (κ3) is 6.59. The van der Waals surface area contributed by atoms with Crippen LogP contribution >= 0.6 is 55.1 Å². The van der Waals surface area contributed by atoms with E-state index in [2.05, 4.69) is 37.2 Å². The lowest BCUT2D eigenvalue weighted by Gasteiger charge is -2.13. The van der Waals surface area contributed by atoms with Crippen molar-refractivity contribution < 1.29 is 17.4 Å². The van der Waals surface area contributed by atoms with Gasteiger partial charge in [-0.2, -0.15) is 13.7 Å². The fourth-order valence-corrected chi connectivity index (χ4v) is 5.34. The Morgan fingerprint density at radius 1 is 1.03 bits per heavy atom. The Labute approximate surface area is 217 Å². The number of amides is 1. The fraction of sp³-hybridized carbons (Fsp3) is 0. The summed E-state index contributed by atoms with van der Waals surface area (Å²) < 4.78 is 31.8. The molecule has 1 N–H and O–H groups in total. The summed E-state index contributed by atoms with van der Waals surface area (Å²) in [5.41, 5.74) is 0.283. The summed E-state index contributed by atoms with van der Waals surface area (Å²) in [5, 5.41) is 12.9. The fourth-order valence-electron chi connectivity index (χ4n) is 2.60. The number of anilines is 1. The quantitative estimate of drug-likeness (QED) is 0.183. The SMILES string of the molecule is N#C/C(=C\c1cc(Br)cc(Br)c1OS(=O)(=O)c1ccc(Cl)cc1)C(=O)Nc1cccc(Cl)c1. The minimum atomic E-state index is -4.24. The molecular weight excluding hydrogens is 619 g/mol. The molecule has 0 aromatic heterocycles. The first-order valence-corrected chi connectivity index (χ1v) is 12.7. The highest BCUT2D eigenvalue weighted by Gasteiger charge is 2.22. The standard InChI is InChI=1S/C22H12Br2Cl2N2O4S/c23-15-9-13(8-14(12-27)22(29)28-18-3-1-2-17(26)11-18)21(20(24)10-15)32-33(30,31)19-6-4-16(25)5-7-19/h1-11H,(H,28,29)/b14-8+. The number of nitriles is 1. The molecule has 0 fully saturated rings. The number of nitrogens with zero attached hydrogens (tertiary/aromatic N) is 1. The molecule has 0 spiro atoms. The number of halogens is 4. The van der Waals surface area contributed by atoms with Crippen LogP contribution in [0.1, 0.15) is 5.56 Å². The van der Waals surface area contributed by atoms with Gasteiger partial charge in [-0.25, -0.2) is 0 Å². The molecule has 3 rings (SSSR count). The maximum Gasteiger partial charge on any atom is 0.339 e. The van der Waals surface area contributed by atoms with Gasteiger partial charge in [-0.3, -0.25) is 4.79 Å². The molecule has 6 nitrogen and oxygen atoms in total. The number of carbonyl (C=O) groups excluding carboxylic acids is 1. The molecule has 168 valence electrons. The Balaban J connectivity index is 2.00. The maximum absolute atomic E-state index is 12.8. The molecule has 0 aliphatic rings. The van der Waals surface area contributed by atoms with Gasteiger partial charge in [0, 0.05) is 25.8 Å². The van der Waals surface area contributed by atoms with Gasteiger partial charge in [0.2, 0.25) is 0 Å². The molecule has 0 unspecified atom stereocenters. The molecule has 0 bridgehead atoms. The van der Waals surface area contributed by atoms with Gasteiger partial charge in [0.05, 0.1) is 4.47 Å². The summed E-state index contributed by atoms with van der Waals surface area (Å²) in [6.45, 7) is 0. The second kappa shape index (κ2) is 10.7. The van der Waals surface area contributed by atoms with Gasteiger partial charge in [-0.05, 0) is 76.6 Å². The molecule has 0 aliphatic carbocycles. The van der Waals surface area contributed by atoms with E-state index in [1.807, 2.05) is 6.07 Å². The predicted molar refractivity (Wildman–Crippen MR) is 135 cm³/mol.